The average molecular weight is 308 g/mol. The number of halogens is 1. The zero-order chi connectivity index (χ0) is 16.1. The third-order valence-corrected chi connectivity index (χ3v) is 2.35. The van der Waals surface area contributed by atoms with E-state index in [0.29, 0.717) is 0 Å². The number of benzene rings is 1. The van der Waals surface area contributed by atoms with Crippen molar-refractivity contribution in [2.75, 3.05) is 0 Å². The van der Waals surface area contributed by atoms with Gasteiger partial charge in [0, 0.05) is 5.21 Å². The Morgan fingerprint density at radius 3 is 2.86 bits per heavy atom. The highest BCUT2D eigenvalue weighted by molar-refractivity contribution is 5.90. The van der Waals surface area contributed by atoms with Gasteiger partial charge < -0.3 is 15.0 Å². The monoisotopic (exact) mass is 308 g/mol. The van der Waals surface area contributed by atoms with E-state index in [1.165, 1.54) is 25.1 Å². The topological polar surface area (TPSA) is 125 Å². The Morgan fingerprint density at radius 1 is 1.50 bits per heavy atom. The molecule has 0 amide bonds. The summed E-state index contributed by atoms with van der Waals surface area (Å²) in [6.45, 7) is 1.40. The van der Waals surface area contributed by atoms with Crippen LogP contribution in [-0.4, -0.2) is 36.8 Å². The summed E-state index contributed by atoms with van der Waals surface area (Å²) in [7, 11) is 0. The smallest absolute Gasteiger partial charge is 0.390 e. The molecule has 11 heteroatoms. The zero-order valence-corrected chi connectivity index (χ0v) is 11.2. The third-order valence-electron chi connectivity index (χ3n) is 2.35. The molecular weight excluding hydrogens is 299 g/mol. The van der Waals surface area contributed by atoms with Gasteiger partial charge in [-0.3, -0.25) is 0 Å². The number of tetrazole rings is 1. The Labute approximate surface area is 122 Å². The SMILES string of the molecule is C/C(Cn1nnc([N+](=O)[O-])n1)=N\OC(=O)c1ccccc1F. The Kier molecular flexibility index (Phi) is 4.46. The fraction of sp³-hybridized carbons (Fsp3) is 0.182. The quantitative estimate of drug-likeness (QED) is 0.348. The van der Waals surface area contributed by atoms with Gasteiger partial charge in [-0.15, -0.1) is 0 Å². The highest BCUT2D eigenvalue weighted by Crippen LogP contribution is 2.08. The van der Waals surface area contributed by atoms with Crippen molar-refractivity contribution in [3.8, 4) is 0 Å². The molecule has 0 aliphatic heterocycles. The molecule has 0 bridgehead atoms. The maximum Gasteiger partial charge on any atom is 0.514 e. The number of rotatable bonds is 5. The minimum atomic E-state index is -0.963. The van der Waals surface area contributed by atoms with Gasteiger partial charge in [-0.05, 0) is 24.0 Å². The van der Waals surface area contributed by atoms with Gasteiger partial charge in [0.1, 0.15) is 12.4 Å². The molecule has 0 atom stereocenters. The van der Waals surface area contributed by atoms with Crippen LogP contribution < -0.4 is 0 Å². The van der Waals surface area contributed by atoms with Gasteiger partial charge in [0.05, 0.1) is 21.5 Å². The molecule has 0 radical (unpaired) electrons. The van der Waals surface area contributed by atoms with Crippen molar-refractivity contribution >= 4 is 17.6 Å². The van der Waals surface area contributed by atoms with Gasteiger partial charge in [-0.2, -0.15) is 0 Å². The number of carbonyl (C=O) groups excluding carboxylic acids is 1. The maximum absolute atomic E-state index is 13.3. The lowest BCUT2D eigenvalue weighted by Crippen LogP contribution is -2.12. The summed E-state index contributed by atoms with van der Waals surface area (Å²) < 4.78 is 13.3. The molecule has 2 rings (SSSR count). The Bertz CT molecular complexity index is 744. The zero-order valence-electron chi connectivity index (χ0n) is 11.2. The summed E-state index contributed by atoms with van der Waals surface area (Å²) in [5.74, 6) is -2.35. The predicted molar refractivity (Wildman–Crippen MR) is 69.4 cm³/mol. The van der Waals surface area contributed by atoms with E-state index < -0.39 is 22.7 Å². The molecule has 114 valence electrons. The van der Waals surface area contributed by atoms with E-state index in [1.807, 2.05) is 0 Å². The van der Waals surface area contributed by atoms with Crippen LogP contribution in [0.4, 0.5) is 10.3 Å². The number of carbonyl (C=O) groups is 1. The van der Waals surface area contributed by atoms with Crippen LogP contribution in [-0.2, 0) is 11.4 Å². The standard InChI is InChI=1S/C11H9FN6O4/c1-7(6-17-14-11(13-16-17)18(20)21)15-22-10(19)8-4-2-3-5-9(8)12/h2-5H,6H2,1H3/b15-7+. The minimum Gasteiger partial charge on any atom is -0.390 e. The van der Waals surface area contributed by atoms with Gasteiger partial charge in [0.2, 0.25) is 0 Å². The van der Waals surface area contributed by atoms with Crippen molar-refractivity contribution in [2.24, 2.45) is 5.16 Å². The molecule has 1 aromatic heterocycles. The van der Waals surface area contributed by atoms with Crippen LogP contribution in [0.15, 0.2) is 29.4 Å². The molecule has 22 heavy (non-hydrogen) atoms. The van der Waals surface area contributed by atoms with Crippen LogP contribution in [0.5, 0.6) is 0 Å². The molecule has 0 aliphatic rings. The molecule has 0 N–H and O–H groups in total. The fourth-order valence-electron chi connectivity index (χ4n) is 1.40. The van der Waals surface area contributed by atoms with Gasteiger partial charge in [0.25, 0.3) is 0 Å². The van der Waals surface area contributed by atoms with Gasteiger partial charge in [-0.1, -0.05) is 22.1 Å². The number of hydrogen-bond donors (Lipinski definition) is 0. The summed E-state index contributed by atoms with van der Waals surface area (Å²) in [5.41, 5.74) is -0.0226. The maximum atomic E-state index is 13.3. The van der Waals surface area contributed by atoms with Crippen LogP contribution in [0.3, 0.4) is 0 Å². The van der Waals surface area contributed by atoms with Gasteiger partial charge in [0.15, 0.2) is 0 Å². The number of oxime groups is 1. The molecule has 0 saturated carbocycles. The van der Waals surface area contributed by atoms with E-state index in [-0.39, 0.29) is 17.8 Å². The van der Waals surface area contributed by atoms with Crippen LogP contribution in [0.25, 0.3) is 0 Å². The first-order chi connectivity index (χ1) is 10.5. The normalized spacial score (nSPS) is 11.3. The van der Waals surface area contributed by atoms with Crippen LogP contribution >= 0.6 is 0 Å². The van der Waals surface area contributed by atoms with Crippen molar-refractivity contribution in [3.05, 3.63) is 45.8 Å². The summed E-state index contributed by atoms with van der Waals surface area (Å²) in [6, 6.07) is 5.29. The Morgan fingerprint density at radius 2 is 2.23 bits per heavy atom. The van der Waals surface area contributed by atoms with Crippen LogP contribution in [0.1, 0.15) is 17.3 Å². The van der Waals surface area contributed by atoms with E-state index >= 15 is 0 Å². The second-order valence-corrected chi connectivity index (χ2v) is 4.06. The first kappa shape index (κ1) is 15.2. The highest BCUT2D eigenvalue weighted by atomic mass is 19.1. The Hall–Kier alpha value is -3.24. The number of aromatic nitrogens is 4. The molecule has 1 aromatic carbocycles. The number of hydrogen-bond acceptors (Lipinski definition) is 8. The van der Waals surface area contributed by atoms with E-state index in [9.17, 15) is 19.3 Å². The average Bonchev–Trinajstić information content (AvgIpc) is 2.94. The molecular formula is C11H9FN6O4. The second-order valence-electron chi connectivity index (χ2n) is 4.06. The summed E-state index contributed by atoms with van der Waals surface area (Å²) in [6.07, 6.45) is 0. The number of nitro groups is 1. The van der Waals surface area contributed by atoms with Crippen LogP contribution in [0, 0.1) is 15.9 Å². The summed E-state index contributed by atoms with van der Waals surface area (Å²) in [5, 5.41) is 24.0. The minimum absolute atomic E-state index is 0.0780. The second kappa shape index (κ2) is 6.47. The van der Waals surface area contributed by atoms with E-state index in [0.717, 1.165) is 10.9 Å². The van der Waals surface area contributed by atoms with Gasteiger partial charge >= 0.3 is 11.9 Å². The molecule has 0 unspecified atom stereocenters. The molecule has 0 spiro atoms. The molecule has 1 heterocycles. The number of nitrogens with zero attached hydrogens (tertiary/aromatic N) is 6. The molecule has 2 aromatic rings. The predicted octanol–water partition coefficient (Wildman–Crippen LogP) is 0.953. The Balaban J connectivity index is 1.99. The van der Waals surface area contributed by atoms with Crippen molar-refractivity contribution in [1.29, 1.82) is 0 Å². The molecule has 0 saturated heterocycles. The van der Waals surface area contributed by atoms with Crippen molar-refractivity contribution in [2.45, 2.75) is 13.5 Å². The fourth-order valence-corrected chi connectivity index (χ4v) is 1.40. The summed E-state index contributed by atoms with van der Waals surface area (Å²) in [4.78, 5) is 26.7. The van der Waals surface area contributed by atoms with E-state index in [2.05, 4.69) is 25.4 Å². The summed E-state index contributed by atoms with van der Waals surface area (Å²) >= 11 is 0. The van der Waals surface area contributed by atoms with Crippen LogP contribution in [0.2, 0.25) is 0 Å². The molecule has 10 nitrogen and oxygen atoms in total. The first-order valence-electron chi connectivity index (χ1n) is 5.89. The lowest BCUT2D eigenvalue weighted by Gasteiger charge is -2.00. The highest BCUT2D eigenvalue weighted by Gasteiger charge is 2.16. The molecule has 0 fully saturated rings. The molecule has 0 aliphatic carbocycles. The van der Waals surface area contributed by atoms with Gasteiger partial charge in [-0.25, -0.2) is 9.18 Å². The van der Waals surface area contributed by atoms with E-state index in [4.69, 9.17) is 0 Å². The van der Waals surface area contributed by atoms with E-state index in [1.54, 1.807) is 0 Å². The lowest BCUT2D eigenvalue weighted by molar-refractivity contribution is -0.394. The largest absolute Gasteiger partial charge is 0.514 e. The van der Waals surface area contributed by atoms with Crippen molar-refractivity contribution < 1.29 is 18.9 Å². The van der Waals surface area contributed by atoms with Crippen molar-refractivity contribution in [1.82, 2.24) is 20.2 Å². The van der Waals surface area contributed by atoms with Crippen molar-refractivity contribution in [3.63, 3.8) is 0 Å². The first-order valence-corrected chi connectivity index (χ1v) is 5.89. The lowest BCUT2D eigenvalue weighted by atomic mass is 10.2. The third kappa shape index (κ3) is 3.65.